The van der Waals surface area contributed by atoms with Crippen LogP contribution in [-0.4, -0.2) is 56.4 Å². The van der Waals surface area contributed by atoms with Crippen molar-refractivity contribution in [1.29, 1.82) is 0 Å². The van der Waals surface area contributed by atoms with E-state index in [2.05, 4.69) is 4.90 Å². The minimum absolute atomic E-state index is 0.0669. The molecule has 132 valence electrons. The van der Waals surface area contributed by atoms with Gasteiger partial charge in [-0.1, -0.05) is 13.8 Å². The van der Waals surface area contributed by atoms with Gasteiger partial charge in [-0.05, 0) is 19.2 Å². The first-order chi connectivity index (χ1) is 11.6. The molecule has 0 saturated heterocycles. The summed E-state index contributed by atoms with van der Waals surface area (Å²) in [5, 5.41) is 10.9. The number of likely N-dealkylation sites (N-methyl/N-ethyl adjacent to an activating group) is 1. The van der Waals surface area contributed by atoms with Crippen LogP contribution in [0.4, 0.5) is 0 Å². The number of phenolic OH excluding ortho intramolecular Hbond substituents is 1. The van der Waals surface area contributed by atoms with Crippen molar-refractivity contribution in [3.63, 3.8) is 0 Å². The second-order valence-corrected chi connectivity index (χ2v) is 5.12. The van der Waals surface area contributed by atoms with Gasteiger partial charge in [0.2, 0.25) is 5.75 Å². The van der Waals surface area contributed by atoms with Crippen molar-refractivity contribution in [3.05, 3.63) is 17.9 Å². The first-order valence-electron chi connectivity index (χ1n) is 7.82. The molecule has 0 saturated carbocycles. The van der Waals surface area contributed by atoms with E-state index in [1.165, 1.54) is 20.5 Å². The first kappa shape index (κ1) is 17.9. The molecule has 7 heteroatoms. The van der Waals surface area contributed by atoms with E-state index in [1.54, 1.807) is 6.07 Å². The van der Waals surface area contributed by atoms with Crippen LogP contribution in [-0.2, 0) is 4.74 Å². The highest BCUT2D eigenvalue weighted by Gasteiger charge is 2.28. The van der Waals surface area contributed by atoms with E-state index in [1.807, 2.05) is 13.8 Å². The molecule has 0 fully saturated rings. The number of fused-ring (bicyclic) bond motifs is 1. The van der Waals surface area contributed by atoms with Crippen molar-refractivity contribution < 1.29 is 28.5 Å². The smallest absolute Gasteiger partial charge is 0.345 e. The van der Waals surface area contributed by atoms with E-state index >= 15 is 0 Å². The number of furan rings is 1. The maximum Gasteiger partial charge on any atom is 0.345 e. The molecule has 0 aliphatic rings. The third-order valence-corrected chi connectivity index (χ3v) is 3.94. The number of benzene rings is 1. The summed E-state index contributed by atoms with van der Waals surface area (Å²) in [5.41, 5.74) is 0.245. The van der Waals surface area contributed by atoms with Crippen LogP contribution in [0.5, 0.6) is 17.2 Å². The Bertz CT molecular complexity index is 705. The molecule has 0 aliphatic carbocycles. The van der Waals surface area contributed by atoms with Crippen LogP contribution in [0.15, 0.2) is 16.7 Å². The Balaban J connectivity index is 2.33. The van der Waals surface area contributed by atoms with Crippen LogP contribution in [0.3, 0.4) is 0 Å². The molecule has 0 amide bonds. The Kier molecular flexibility index (Phi) is 5.92. The van der Waals surface area contributed by atoms with Gasteiger partial charge in [0, 0.05) is 6.54 Å². The Morgan fingerprint density at radius 1 is 1.21 bits per heavy atom. The minimum atomic E-state index is -0.669. The summed E-state index contributed by atoms with van der Waals surface area (Å²) in [6, 6.07) is 1.64. The number of esters is 1. The van der Waals surface area contributed by atoms with Crippen LogP contribution < -0.4 is 9.47 Å². The molecule has 2 rings (SSSR count). The lowest BCUT2D eigenvalue weighted by Crippen LogP contribution is -2.28. The Hall–Kier alpha value is -2.41. The van der Waals surface area contributed by atoms with Gasteiger partial charge in [0.05, 0.1) is 25.9 Å². The van der Waals surface area contributed by atoms with Gasteiger partial charge in [-0.15, -0.1) is 0 Å². The fourth-order valence-corrected chi connectivity index (χ4v) is 2.60. The molecular weight excluding hydrogens is 314 g/mol. The average molecular weight is 337 g/mol. The van der Waals surface area contributed by atoms with Crippen molar-refractivity contribution in [1.82, 2.24) is 4.90 Å². The lowest BCUT2D eigenvalue weighted by molar-refractivity contribution is 0.0459. The van der Waals surface area contributed by atoms with Crippen LogP contribution in [0, 0.1) is 0 Å². The van der Waals surface area contributed by atoms with Gasteiger partial charge in [-0.3, -0.25) is 0 Å². The maximum atomic E-state index is 12.5. The summed E-state index contributed by atoms with van der Waals surface area (Å²) < 4.78 is 21.1. The topological polar surface area (TPSA) is 81.4 Å². The average Bonchev–Trinajstić information content (AvgIpc) is 3.06. The number of rotatable bonds is 8. The monoisotopic (exact) mass is 337 g/mol. The quantitative estimate of drug-likeness (QED) is 0.742. The zero-order chi connectivity index (χ0) is 17.7. The summed E-state index contributed by atoms with van der Waals surface area (Å²) in [6.07, 6.45) is 1.44. The molecule has 1 aromatic carbocycles. The van der Waals surface area contributed by atoms with E-state index in [9.17, 15) is 9.90 Å². The number of methoxy groups -OCH3 is 2. The number of hydrogen-bond acceptors (Lipinski definition) is 7. The maximum absolute atomic E-state index is 12.5. The molecule has 24 heavy (non-hydrogen) atoms. The second kappa shape index (κ2) is 7.92. The number of hydrogen-bond donors (Lipinski definition) is 1. The van der Waals surface area contributed by atoms with Gasteiger partial charge in [-0.2, -0.15) is 0 Å². The number of carbonyl (C=O) groups is 1. The third kappa shape index (κ3) is 3.26. The summed E-state index contributed by atoms with van der Waals surface area (Å²) in [4.78, 5) is 14.6. The van der Waals surface area contributed by atoms with Gasteiger partial charge in [0.25, 0.3) is 0 Å². The summed E-state index contributed by atoms with van der Waals surface area (Å²) in [7, 11) is 2.80. The fourth-order valence-electron chi connectivity index (χ4n) is 2.60. The first-order valence-corrected chi connectivity index (χ1v) is 7.82. The molecule has 1 N–H and O–H groups in total. The van der Waals surface area contributed by atoms with Crippen LogP contribution in [0.1, 0.15) is 24.2 Å². The van der Waals surface area contributed by atoms with E-state index < -0.39 is 5.97 Å². The van der Waals surface area contributed by atoms with Gasteiger partial charge in [-0.25, -0.2) is 4.79 Å². The summed E-state index contributed by atoms with van der Waals surface area (Å²) in [5.74, 6) is -0.751. The normalized spacial score (nSPS) is 11.0. The fraction of sp³-hybridized carbons (Fsp3) is 0.471. The van der Waals surface area contributed by atoms with Crippen molar-refractivity contribution in [2.45, 2.75) is 13.8 Å². The predicted molar refractivity (Wildman–Crippen MR) is 89.1 cm³/mol. The molecule has 0 aliphatic heterocycles. The van der Waals surface area contributed by atoms with Crippen molar-refractivity contribution in [3.8, 4) is 17.2 Å². The summed E-state index contributed by atoms with van der Waals surface area (Å²) in [6.45, 7) is 6.66. The van der Waals surface area contributed by atoms with Crippen molar-refractivity contribution in [2.75, 3.05) is 40.5 Å². The zero-order valence-electron chi connectivity index (χ0n) is 14.4. The van der Waals surface area contributed by atoms with Gasteiger partial charge < -0.3 is 28.6 Å². The number of aromatic hydroxyl groups is 1. The molecule has 7 nitrogen and oxygen atoms in total. The molecule has 0 radical (unpaired) electrons. The highest BCUT2D eigenvalue weighted by molar-refractivity contribution is 6.05. The molecular formula is C17H23NO6. The van der Waals surface area contributed by atoms with E-state index in [0.717, 1.165) is 13.1 Å². The predicted octanol–water partition coefficient (Wildman–Crippen LogP) is 2.65. The standard InChI is InChI=1S/C17H23NO6/c1-5-18(6-2)8-10-24-17(20)12-13(19)16(22-4)15-11(7-9-23-15)14(12)21-3/h7,9,19H,5-6,8,10H2,1-4H3. The second-order valence-electron chi connectivity index (χ2n) is 5.12. The Morgan fingerprint density at radius 3 is 2.46 bits per heavy atom. The molecule has 0 bridgehead atoms. The highest BCUT2D eigenvalue weighted by Crippen LogP contribution is 2.45. The van der Waals surface area contributed by atoms with Crippen LogP contribution in [0.25, 0.3) is 11.0 Å². The van der Waals surface area contributed by atoms with Gasteiger partial charge >= 0.3 is 5.97 Å². The molecule has 0 spiro atoms. The summed E-state index contributed by atoms with van der Waals surface area (Å²) >= 11 is 0. The largest absolute Gasteiger partial charge is 0.503 e. The molecule has 1 heterocycles. The number of ether oxygens (including phenoxy) is 3. The van der Waals surface area contributed by atoms with Crippen molar-refractivity contribution >= 4 is 16.9 Å². The minimum Gasteiger partial charge on any atom is -0.503 e. The van der Waals surface area contributed by atoms with E-state index in [0.29, 0.717) is 17.5 Å². The van der Waals surface area contributed by atoms with Crippen molar-refractivity contribution in [2.24, 2.45) is 0 Å². The Morgan fingerprint density at radius 2 is 1.88 bits per heavy atom. The van der Waals surface area contributed by atoms with Crippen LogP contribution >= 0.6 is 0 Å². The number of carbonyl (C=O) groups excluding carboxylic acids is 1. The van der Waals surface area contributed by atoms with Gasteiger partial charge in [0.1, 0.15) is 17.9 Å². The van der Waals surface area contributed by atoms with Crippen LogP contribution in [0.2, 0.25) is 0 Å². The molecule has 2 aromatic rings. The molecule has 0 unspecified atom stereocenters. The Labute approximate surface area is 140 Å². The van der Waals surface area contributed by atoms with E-state index in [-0.39, 0.29) is 29.4 Å². The number of phenols is 1. The lowest BCUT2D eigenvalue weighted by Gasteiger charge is -2.18. The van der Waals surface area contributed by atoms with Gasteiger partial charge in [0.15, 0.2) is 11.3 Å². The number of nitrogens with zero attached hydrogens (tertiary/aromatic N) is 1. The molecule has 1 aromatic heterocycles. The SMILES string of the molecule is CCN(CC)CCOC(=O)c1c(O)c(OC)c2occc2c1OC. The highest BCUT2D eigenvalue weighted by atomic mass is 16.5. The lowest BCUT2D eigenvalue weighted by atomic mass is 10.1. The third-order valence-electron chi connectivity index (χ3n) is 3.94. The van der Waals surface area contributed by atoms with E-state index in [4.69, 9.17) is 18.6 Å². The zero-order valence-corrected chi connectivity index (χ0v) is 14.4. The molecule has 0 atom stereocenters.